The monoisotopic (exact) mass is 388 g/mol. The number of nitrogens with one attached hydrogen (secondary N) is 2. The van der Waals surface area contributed by atoms with E-state index in [4.69, 9.17) is 6.42 Å². The minimum absolute atomic E-state index is 0.0564. The van der Waals surface area contributed by atoms with Gasteiger partial charge in [0.15, 0.2) is 0 Å². The average Bonchev–Trinajstić information content (AvgIpc) is 2.59. The van der Waals surface area contributed by atoms with Gasteiger partial charge in [0, 0.05) is 11.6 Å². The fourth-order valence-corrected chi connectivity index (χ4v) is 3.83. The van der Waals surface area contributed by atoms with Crippen LogP contribution in [0.4, 0.5) is 13.2 Å². The predicted octanol–water partition coefficient (Wildman–Crippen LogP) is 2.45. The van der Waals surface area contributed by atoms with Crippen LogP contribution in [0.15, 0.2) is 29.2 Å². The fourth-order valence-electron chi connectivity index (χ4n) is 2.89. The number of carbonyl (C=O) groups is 1. The molecule has 0 aliphatic heterocycles. The molecule has 26 heavy (non-hydrogen) atoms. The summed E-state index contributed by atoms with van der Waals surface area (Å²) in [4.78, 5) is 12.2. The Morgan fingerprint density at radius 2 is 1.88 bits per heavy atom. The zero-order valence-corrected chi connectivity index (χ0v) is 14.7. The molecule has 2 rings (SSSR count). The standard InChI is InChI=1S/C17H19F3N2O3S/c1-2-10-21-26(24,25)15-8-6-12(7-9-15)16(23)22-14-5-3-4-13(11-14)17(18,19)20/h1,6-9,13-14,21H,3-5,10-11H2,(H,22,23). The second-order valence-corrected chi connectivity index (χ2v) is 7.90. The van der Waals surface area contributed by atoms with E-state index >= 15 is 0 Å². The van der Waals surface area contributed by atoms with Gasteiger partial charge in [0.1, 0.15) is 0 Å². The van der Waals surface area contributed by atoms with E-state index < -0.39 is 34.1 Å². The highest BCUT2D eigenvalue weighted by Gasteiger charge is 2.42. The van der Waals surface area contributed by atoms with Gasteiger partial charge in [0.25, 0.3) is 5.91 Å². The number of rotatable bonds is 5. The molecule has 1 aliphatic carbocycles. The molecular formula is C17H19F3N2O3S. The van der Waals surface area contributed by atoms with Crippen molar-refractivity contribution in [2.75, 3.05) is 6.54 Å². The fraction of sp³-hybridized carbons (Fsp3) is 0.471. The number of carbonyl (C=O) groups excluding carboxylic acids is 1. The third-order valence-corrected chi connectivity index (χ3v) is 5.68. The molecule has 2 unspecified atom stereocenters. The Morgan fingerprint density at radius 3 is 2.46 bits per heavy atom. The van der Waals surface area contributed by atoms with E-state index in [9.17, 15) is 26.4 Å². The van der Waals surface area contributed by atoms with E-state index in [1.54, 1.807) is 0 Å². The normalized spacial score (nSPS) is 21.0. The van der Waals surface area contributed by atoms with Gasteiger partial charge in [0.05, 0.1) is 17.4 Å². The highest BCUT2D eigenvalue weighted by molar-refractivity contribution is 7.89. The van der Waals surface area contributed by atoms with Crippen molar-refractivity contribution in [3.05, 3.63) is 29.8 Å². The molecule has 0 spiro atoms. The SMILES string of the molecule is C#CCNS(=O)(=O)c1ccc(C(=O)NC2CCCC(C(F)(F)F)C2)cc1. The van der Waals surface area contributed by atoms with Crippen molar-refractivity contribution >= 4 is 15.9 Å². The third kappa shape index (κ3) is 5.22. The Labute approximate surface area is 150 Å². The zero-order chi connectivity index (χ0) is 19.4. The summed E-state index contributed by atoms with van der Waals surface area (Å²) in [5, 5.41) is 2.60. The number of hydrogen-bond donors (Lipinski definition) is 2. The summed E-state index contributed by atoms with van der Waals surface area (Å²) in [6.07, 6.45) is 1.56. The van der Waals surface area contributed by atoms with Crippen molar-refractivity contribution in [3.8, 4) is 12.3 Å². The zero-order valence-electron chi connectivity index (χ0n) is 13.8. The number of amides is 1. The van der Waals surface area contributed by atoms with Gasteiger partial charge in [-0.25, -0.2) is 8.42 Å². The van der Waals surface area contributed by atoms with Crippen molar-refractivity contribution in [1.82, 2.24) is 10.0 Å². The maximum Gasteiger partial charge on any atom is 0.391 e. The van der Waals surface area contributed by atoms with Gasteiger partial charge in [-0.3, -0.25) is 4.79 Å². The van der Waals surface area contributed by atoms with Crippen molar-refractivity contribution < 1.29 is 26.4 Å². The molecule has 0 heterocycles. The lowest BCUT2D eigenvalue weighted by molar-refractivity contribution is -0.183. The van der Waals surface area contributed by atoms with Crippen LogP contribution < -0.4 is 10.0 Å². The molecule has 2 atom stereocenters. The van der Waals surface area contributed by atoms with E-state index in [1.807, 2.05) is 0 Å². The number of alkyl halides is 3. The summed E-state index contributed by atoms with van der Waals surface area (Å²) in [5.74, 6) is 0.213. The van der Waals surface area contributed by atoms with Crippen LogP contribution in [0, 0.1) is 18.3 Å². The molecule has 0 radical (unpaired) electrons. The van der Waals surface area contributed by atoms with E-state index in [0.29, 0.717) is 12.8 Å². The van der Waals surface area contributed by atoms with Crippen LogP contribution in [0.5, 0.6) is 0 Å². The minimum Gasteiger partial charge on any atom is -0.349 e. The molecule has 0 saturated heterocycles. The van der Waals surface area contributed by atoms with Crippen LogP contribution in [0.3, 0.4) is 0 Å². The first kappa shape index (κ1) is 20.3. The summed E-state index contributed by atoms with van der Waals surface area (Å²) in [5.41, 5.74) is 0.176. The maximum absolute atomic E-state index is 12.8. The lowest BCUT2D eigenvalue weighted by Gasteiger charge is -2.31. The van der Waals surface area contributed by atoms with Crippen molar-refractivity contribution in [2.45, 2.75) is 42.8 Å². The molecule has 1 aromatic carbocycles. The number of hydrogen-bond acceptors (Lipinski definition) is 3. The first-order chi connectivity index (χ1) is 12.1. The van der Waals surface area contributed by atoms with Crippen LogP contribution >= 0.6 is 0 Å². The maximum atomic E-state index is 12.8. The Kier molecular flexibility index (Phi) is 6.31. The molecule has 0 aromatic heterocycles. The second-order valence-electron chi connectivity index (χ2n) is 6.13. The number of benzene rings is 1. The van der Waals surface area contributed by atoms with Gasteiger partial charge >= 0.3 is 6.18 Å². The number of sulfonamides is 1. The molecular weight excluding hydrogens is 369 g/mol. The van der Waals surface area contributed by atoms with Gasteiger partial charge < -0.3 is 5.32 Å². The van der Waals surface area contributed by atoms with Crippen LogP contribution in [-0.4, -0.2) is 33.1 Å². The summed E-state index contributed by atoms with van der Waals surface area (Å²) < 4.78 is 64.5. The minimum atomic E-state index is -4.26. The lowest BCUT2D eigenvalue weighted by Crippen LogP contribution is -2.41. The molecule has 2 N–H and O–H groups in total. The van der Waals surface area contributed by atoms with E-state index in [0.717, 1.165) is 0 Å². The quantitative estimate of drug-likeness (QED) is 0.761. The predicted molar refractivity (Wildman–Crippen MR) is 89.7 cm³/mol. The largest absolute Gasteiger partial charge is 0.391 e. The first-order valence-electron chi connectivity index (χ1n) is 8.04. The second kappa shape index (κ2) is 8.10. The Morgan fingerprint density at radius 1 is 1.23 bits per heavy atom. The smallest absolute Gasteiger partial charge is 0.349 e. The summed E-state index contributed by atoms with van der Waals surface area (Å²) >= 11 is 0. The molecule has 1 fully saturated rings. The summed E-state index contributed by atoms with van der Waals surface area (Å²) in [6, 6.07) is 4.55. The van der Waals surface area contributed by atoms with Gasteiger partial charge in [-0.2, -0.15) is 17.9 Å². The summed E-state index contributed by atoms with van der Waals surface area (Å²) in [7, 11) is -3.76. The van der Waals surface area contributed by atoms with Gasteiger partial charge in [-0.15, -0.1) is 6.42 Å². The molecule has 1 aromatic rings. The van der Waals surface area contributed by atoms with E-state index in [-0.39, 0.29) is 29.8 Å². The van der Waals surface area contributed by atoms with E-state index in [2.05, 4.69) is 16.0 Å². The average molecular weight is 388 g/mol. The van der Waals surface area contributed by atoms with Gasteiger partial charge in [-0.1, -0.05) is 12.3 Å². The molecule has 1 saturated carbocycles. The molecule has 1 amide bonds. The van der Waals surface area contributed by atoms with Crippen LogP contribution in [0.25, 0.3) is 0 Å². The Balaban J connectivity index is 2.01. The topological polar surface area (TPSA) is 75.3 Å². The Hall–Kier alpha value is -2.05. The first-order valence-corrected chi connectivity index (χ1v) is 9.52. The Bertz CT molecular complexity index is 783. The lowest BCUT2D eigenvalue weighted by atomic mass is 9.85. The third-order valence-electron chi connectivity index (χ3n) is 4.26. The van der Waals surface area contributed by atoms with E-state index in [1.165, 1.54) is 24.3 Å². The van der Waals surface area contributed by atoms with Gasteiger partial charge in [-0.05, 0) is 43.5 Å². The highest BCUT2D eigenvalue weighted by Crippen LogP contribution is 2.37. The molecule has 9 heteroatoms. The summed E-state index contributed by atoms with van der Waals surface area (Å²) in [6.45, 7) is -0.160. The van der Waals surface area contributed by atoms with Crippen molar-refractivity contribution in [1.29, 1.82) is 0 Å². The highest BCUT2D eigenvalue weighted by atomic mass is 32.2. The van der Waals surface area contributed by atoms with Crippen LogP contribution in [-0.2, 0) is 10.0 Å². The molecule has 0 bridgehead atoms. The van der Waals surface area contributed by atoms with Crippen molar-refractivity contribution in [3.63, 3.8) is 0 Å². The molecule has 142 valence electrons. The number of terminal acetylenes is 1. The van der Waals surface area contributed by atoms with Gasteiger partial charge in [0.2, 0.25) is 10.0 Å². The van der Waals surface area contributed by atoms with Crippen LogP contribution in [0.2, 0.25) is 0 Å². The molecule has 1 aliphatic rings. The number of halogens is 3. The molecule has 5 nitrogen and oxygen atoms in total. The van der Waals surface area contributed by atoms with Crippen molar-refractivity contribution in [2.24, 2.45) is 5.92 Å². The van der Waals surface area contributed by atoms with Crippen LogP contribution in [0.1, 0.15) is 36.0 Å².